The highest BCUT2D eigenvalue weighted by molar-refractivity contribution is 6.30. The fourth-order valence-electron chi connectivity index (χ4n) is 2.46. The average Bonchev–Trinajstić information content (AvgIpc) is 2.48. The highest BCUT2D eigenvalue weighted by Crippen LogP contribution is 2.23. The van der Waals surface area contributed by atoms with E-state index in [9.17, 15) is 4.39 Å². The average molecular weight is 292 g/mol. The summed E-state index contributed by atoms with van der Waals surface area (Å²) in [5.41, 5.74) is 1.11. The lowest BCUT2D eigenvalue weighted by molar-refractivity contribution is 0.588. The van der Waals surface area contributed by atoms with Crippen LogP contribution >= 0.6 is 11.6 Å². The van der Waals surface area contributed by atoms with Crippen molar-refractivity contribution in [2.24, 2.45) is 0 Å². The van der Waals surface area contributed by atoms with Gasteiger partial charge in [-0.1, -0.05) is 17.7 Å². The number of anilines is 2. The van der Waals surface area contributed by atoms with Crippen LogP contribution in [0.2, 0.25) is 5.02 Å². The molecule has 0 spiro atoms. The van der Waals surface area contributed by atoms with E-state index in [1.807, 2.05) is 29.2 Å². The van der Waals surface area contributed by atoms with E-state index < -0.39 is 0 Å². The zero-order chi connectivity index (χ0) is 13.9. The maximum Gasteiger partial charge on any atom is 0.165 e. The minimum atomic E-state index is -0.260. The topological polar surface area (TPSA) is 19.4 Å². The molecule has 3 nitrogen and oxygen atoms in total. The Balaban J connectivity index is 1.70. The first-order valence-corrected chi connectivity index (χ1v) is 6.98. The second kappa shape index (κ2) is 5.67. The Bertz CT molecular complexity index is 597. The van der Waals surface area contributed by atoms with Gasteiger partial charge in [0.15, 0.2) is 11.6 Å². The molecule has 1 fully saturated rings. The van der Waals surface area contributed by atoms with Gasteiger partial charge in [-0.15, -0.1) is 0 Å². The van der Waals surface area contributed by atoms with Gasteiger partial charge in [0.25, 0.3) is 0 Å². The van der Waals surface area contributed by atoms with Crippen molar-refractivity contribution in [3.8, 4) is 0 Å². The van der Waals surface area contributed by atoms with Gasteiger partial charge >= 0.3 is 0 Å². The fraction of sp³-hybridized carbons (Fsp3) is 0.267. The Morgan fingerprint density at radius 3 is 2.45 bits per heavy atom. The third-order valence-electron chi connectivity index (χ3n) is 3.49. The molecule has 0 radical (unpaired) electrons. The van der Waals surface area contributed by atoms with E-state index in [0.29, 0.717) is 5.82 Å². The minimum Gasteiger partial charge on any atom is -0.368 e. The van der Waals surface area contributed by atoms with Gasteiger partial charge in [-0.3, -0.25) is 0 Å². The summed E-state index contributed by atoms with van der Waals surface area (Å²) in [6.45, 7) is 3.16. The van der Waals surface area contributed by atoms with Crippen LogP contribution < -0.4 is 9.80 Å². The van der Waals surface area contributed by atoms with Gasteiger partial charge in [-0.05, 0) is 30.3 Å². The summed E-state index contributed by atoms with van der Waals surface area (Å²) in [5.74, 6) is 0.182. The van der Waals surface area contributed by atoms with Crippen LogP contribution in [0, 0.1) is 5.82 Å². The van der Waals surface area contributed by atoms with Crippen LogP contribution in [0.4, 0.5) is 15.9 Å². The molecular formula is C15H15ClFN3. The Morgan fingerprint density at radius 2 is 1.75 bits per heavy atom. The number of hydrogen-bond acceptors (Lipinski definition) is 3. The molecule has 1 saturated heterocycles. The molecule has 20 heavy (non-hydrogen) atoms. The molecule has 2 aromatic rings. The van der Waals surface area contributed by atoms with Crippen LogP contribution in [-0.2, 0) is 0 Å². The van der Waals surface area contributed by atoms with Crippen molar-refractivity contribution < 1.29 is 4.39 Å². The molecule has 2 heterocycles. The fourth-order valence-corrected chi connectivity index (χ4v) is 2.64. The van der Waals surface area contributed by atoms with Gasteiger partial charge in [-0.25, -0.2) is 9.37 Å². The number of rotatable bonds is 2. The molecule has 0 amide bonds. The molecule has 104 valence electrons. The smallest absolute Gasteiger partial charge is 0.165 e. The van der Waals surface area contributed by atoms with E-state index in [4.69, 9.17) is 11.6 Å². The molecule has 0 saturated carbocycles. The van der Waals surface area contributed by atoms with E-state index in [-0.39, 0.29) is 5.82 Å². The van der Waals surface area contributed by atoms with Crippen LogP contribution in [0.1, 0.15) is 0 Å². The number of hydrogen-bond donors (Lipinski definition) is 0. The monoisotopic (exact) mass is 291 g/mol. The predicted molar refractivity (Wildman–Crippen MR) is 80.1 cm³/mol. The number of benzene rings is 1. The second-order valence-electron chi connectivity index (χ2n) is 4.76. The van der Waals surface area contributed by atoms with E-state index >= 15 is 0 Å². The Kier molecular flexibility index (Phi) is 3.74. The van der Waals surface area contributed by atoms with Gasteiger partial charge in [0.05, 0.1) is 0 Å². The SMILES string of the molecule is Fc1cccnc1N1CCN(c2cccc(Cl)c2)CC1. The Morgan fingerprint density at radius 1 is 1.00 bits per heavy atom. The largest absolute Gasteiger partial charge is 0.368 e. The lowest BCUT2D eigenvalue weighted by Gasteiger charge is -2.36. The summed E-state index contributed by atoms with van der Waals surface area (Å²) in [6.07, 6.45) is 1.63. The lowest BCUT2D eigenvalue weighted by Crippen LogP contribution is -2.47. The summed E-state index contributed by atoms with van der Waals surface area (Å²) >= 11 is 6.01. The van der Waals surface area contributed by atoms with Gasteiger partial charge in [0.1, 0.15) is 0 Å². The molecule has 1 aliphatic heterocycles. The van der Waals surface area contributed by atoms with E-state index in [1.165, 1.54) is 6.07 Å². The van der Waals surface area contributed by atoms with Crippen molar-refractivity contribution in [1.29, 1.82) is 0 Å². The zero-order valence-corrected chi connectivity index (χ0v) is 11.7. The van der Waals surface area contributed by atoms with Crippen LogP contribution in [0.15, 0.2) is 42.6 Å². The second-order valence-corrected chi connectivity index (χ2v) is 5.20. The first-order chi connectivity index (χ1) is 9.74. The predicted octanol–water partition coefficient (Wildman–Crippen LogP) is 3.20. The Labute approximate surface area is 122 Å². The summed E-state index contributed by atoms with van der Waals surface area (Å²) in [4.78, 5) is 8.36. The molecule has 1 aromatic heterocycles. The lowest BCUT2D eigenvalue weighted by atomic mass is 10.2. The highest BCUT2D eigenvalue weighted by atomic mass is 35.5. The molecule has 1 aromatic carbocycles. The summed E-state index contributed by atoms with van der Waals surface area (Å²) in [7, 11) is 0. The van der Waals surface area contributed by atoms with Crippen molar-refractivity contribution in [3.05, 3.63) is 53.4 Å². The maximum atomic E-state index is 13.7. The van der Waals surface area contributed by atoms with E-state index in [1.54, 1.807) is 12.3 Å². The molecular weight excluding hydrogens is 277 g/mol. The van der Waals surface area contributed by atoms with Crippen molar-refractivity contribution >= 4 is 23.1 Å². The molecule has 0 bridgehead atoms. The number of piperazine rings is 1. The summed E-state index contributed by atoms with van der Waals surface area (Å²) in [5, 5.41) is 0.737. The standard InChI is InChI=1S/C15H15ClFN3/c16-12-3-1-4-13(11-12)19-7-9-20(10-8-19)15-14(17)5-2-6-18-15/h1-6,11H,7-10H2. The third kappa shape index (κ3) is 2.70. The molecule has 0 unspecified atom stereocenters. The third-order valence-corrected chi connectivity index (χ3v) is 3.73. The van der Waals surface area contributed by atoms with Gasteiger partial charge in [0.2, 0.25) is 0 Å². The maximum absolute atomic E-state index is 13.7. The van der Waals surface area contributed by atoms with Gasteiger partial charge < -0.3 is 9.80 Å². The van der Waals surface area contributed by atoms with Crippen LogP contribution in [-0.4, -0.2) is 31.2 Å². The normalized spacial score (nSPS) is 15.5. The van der Waals surface area contributed by atoms with E-state index in [2.05, 4.69) is 9.88 Å². The van der Waals surface area contributed by atoms with Crippen molar-refractivity contribution in [3.63, 3.8) is 0 Å². The molecule has 0 N–H and O–H groups in total. The molecule has 0 aliphatic carbocycles. The summed E-state index contributed by atoms with van der Waals surface area (Å²) in [6, 6.07) is 10.9. The van der Waals surface area contributed by atoms with Gasteiger partial charge in [0, 0.05) is 43.1 Å². The van der Waals surface area contributed by atoms with Crippen molar-refractivity contribution in [1.82, 2.24) is 4.98 Å². The van der Waals surface area contributed by atoms with Crippen LogP contribution in [0.5, 0.6) is 0 Å². The minimum absolute atomic E-state index is 0.260. The van der Waals surface area contributed by atoms with Crippen LogP contribution in [0.25, 0.3) is 0 Å². The quantitative estimate of drug-likeness (QED) is 0.847. The molecule has 3 rings (SSSR count). The number of pyridine rings is 1. The zero-order valence-electron chi connectivity index (χ0n) is 11.0. The summed E-state index contributed by atoms with van der Waals surface area (Å²) < 4.78 is 13.7. The van der Waals surface area contributed by atoms with E-state index in [0.717, 1.165) is 36.9 Å². The van der Waals surface area contributed by atoms with Crippen molar-refractivity contribution in [2.45, 2.75) is 0 Å². The first kappa shape index (κ1) is 13.2. The molecule has 0 atom stereocenters. The molecule has 1 aliphatic rings. The number of nitrogens with zero attached hydrogens (tertiary/aromatic N) is 3. The van der Waals surface area contributed by atoms with Crippen molar-refractivity contribution in [2.75, 3.05) is 36.0 Å². The number of halogens is 2. The molecule has 5 heteroatoms. The number of aromatic nitrogens is 1. The first-order valence-electron chi connectivity index (χ1n) is 6.60. The van der Waals surface area contributed by atoms with Crippen LogP contribution in [0.3, 0.4) is 0 Å². The highest BCUT2D eigenvalue weighted by Gasteiger charge is 2.20. The Hall–Kier alpha value is -1.81. The van der Waals surface area contributed by atoms with Gasteiger partial charge in [-0.2, -0.15) is 0 Å².